The lowest BCUT2D eigenvalue weighted by atomic mass is 10.2. The van der Waals surface area contributed by atoms with E-state index in [0.717, 1.165) is 56.5 Å². The van der Waals surface area contributed by atoms with Crippen molar-refractivity contribution < 1.29 is 14.1 Å². The molecule has 158 valence electrons. The Morgan fingerprint density at radius 3 is 2.11 bits per heavy atom. The molecule has 0 heterocycles. The van der Waals surface area contributed by atoms with Crippen molar-refractivity contribution in [2.24, 2.45) is 0 Å². The van der Waals surface area contributed by atoms with Crippen LogP contribution in [0.15, 0.2) is 30.3 Å². The van der Waals surface area contributed by atoms with Gasteiger partial charge >= 0.3 is 0 Å². The van der Waals surface area contributed by atoms with Crippen molar-refractivity contribution in [1.82, 2.24) is 10.6 Å². The molecular weight excluding hydrogens is 352 g/mol. The van der Waals surface area contributed by atoms with E-state index in [1.165, 1.54) is 5.69 Å². The number of benzene rings is 1. The van der Waals surface area contributed by atoms with Gasteiger partial charge in [-0.3, -0.25) is 9.59 Å². The second-order valence-electron chi connectivity index (χ2n) is 7.73. The number of quaternary nitrogens is 1. The minimum atomic E-state index is 0.0197. The fraction of sp³-hybridized carbons (Fsp3) is 0.636. The summed E-state index contributed by atoms with van der Waals surface area (Å²) in [6.45, 7) is 11.8. The number of rotatable bonds is 14. The molecule has 2 N–H and O–H groups in total. The maximum Gasteiger partial charge on any atom is 0.217 e. The molecule has 1 unspecified atom stereocenters. The fourth-order valence-corrected chi connectivity index (χ4v) is 3.47. The molecule has 0 saturated carbocycles. The number of nitrogens with one attached hydrogen (secondary N) is 2. The number of hydrogen-bond acceptors (Lipinski definition) is 3. The van der Waals surface area contributed by atoms with Crippen molar-refractivity contribution in [2.75, 3.05) is 57.8 Å². The van der Waals surface area contributed by atoms with E-state index in [0.29, 0.717) is 13.1 Å². The Morgan fingerprint density at radius 2 is 1.50 bits per heavy atom. The van der Waals surface area contributed by atoms with E-state index >= 15 is 0 Å². The summed E-state index contributed by atoms with van der Waals surface area (Å²) in [5.41, 5.74) is 1.28. The molecular formula is C22H39N4O2+. The van der Waals surface area contributed by atoms with Crippen molar-refractivity contribution in [2.45, 2.75) is 40.0 Å². The standard InChI is InChI=1S/C22H38N4O2/c1-5-25(22-12-7-6-8-13-22)16-9-10-17-26(4,19-15-24-21(3)28)18-11-14-23-20(2)27/h6-8,12-13H,5,9-11,14-19H2,1-4H3,(H-,23,24,27,28)/p+1. The number of carbonyl (C=O) groups excluding carboxylic acids is 2. The van der Waals surface area contributed by atoms with Crippen LogP contribution in [0.25, 0.3) is 0 Å². The van der Waals surface area contributed by atoms with Gasteiger partial charge in [0.25, 0.3) is 0 Å². The number of likely N-dealkylation sites (N-methyl/N-ethyl adjacent to an activating group) is 1. The monoisotopic (exact) mass is 391 g/mol. The second-order valence-corrected chi connectivity index (χ2v) is 7.73. The number of nitrogens with zero attached hydrogens (tertiary/aromatic N) is 2. The number of anilines is 1. The highest BCUT2D eigenvalue weighted by atomic mass is 16.2. The van der Waals surface area contributed by atoms with Gasteiger partial charge in [-0.15, -0.1) is 0 Å². The Bertz CT molecular complexity index is 579. The molecule has 1 aromatic rings. The number of unbranched alkanes of at least 4 members (excludes halogenated alkanes) is 1. The Labute approximate surface area is 170 Å². The molecule has 6 nitrogen and oxygen atoms in total. The molecule has 0 aliphatic carbocycles. The van der Waals surface area contributed by atoms with Crippen LogP contribution in [0.3, 0.4) is 0 Å². The van der Waals surface area contributed by atoms with Gasteiger partial charge in [0, 0.05) is 45.6 Å². The van der Waals surface area contributed by atoms with Crippen molar-refractivity contribution >= 4 is 17.5 Å². The van der Waals surface area contributed by atoms with Gasteiger partial charge in [-0.25, -0.2) is 0 Å². The molecule has 1 aromatic carbocycles. The summed E-state index contributed by atoms with van der Waals surface area (Å²) in [5, 5.41) is 5.79. The summed E-state index contributed by atoms with van der Waals surface area (Å²) in [6, 6.07) is 10.6. The molecule has 0 saturated heterocycles. The summed E-state index contributed by atoms with van der Waals surface area (Å²) < 4.78 is 0.914. The van der Waals surface area contributed by atoms with Crippen LogP contribution < -0.4 is 15.5 Å². The molecule has 0 spiro atoms. The van der Waals surface area contributed by atoms with Crippen LogP contribution in [0.1, 0.15) is 40.0 Å². The molecule has 2 amide bonds. The molecule has 0 aromatic heterocycles. The first-order chi connectivity index (χ1) is 13.4. The normalized spacial score (nSPS) is 12.9. The van der Waals surface area contributed by atoms with E-state index in [1.807, 2.05) is 0 Å². The van der Waals surface area contributed by atoms with E-state index in [1.54, 1.807) is 13.8 Å². The Morgan fingerprint density at radius 1 is 0.893 bits per heavy atom. The predicted octanol–water partition coefficient (Wildman–Crippen LogP) is 2.40. The molecule has 1 atom stereocenters. The molecule has 0 radical (unpaired) electrons. The average molecular weight is 392 g/mol. The number of hydrogen-bond donors (Lipinski definition) is 2. The van der Waals surface area contributed by atoms with Gasteiger partial charge in [0.05, 0.1) is 33.2 Å². The van der Waals surface area contributed by atoms with Crippen molar-refractivity contribution in [3.8, 4) is 0 Å². The smallest absolute Gasteiger partial charge is 0.217 e. The third-order valence-electron chi connectivity index (χ3n) is 5.15. The van der Waals surface area contributed by atoms with Crippen LogP contribution in [-0.2, 0) is 9.59 Å². The van der Waals surface area contributed by atoms with E-state index in [-0.39, 0.29) is 11.8 Å². The highest BCUT2D eigenvalue weighted by Gasteiger charge is 2.21. The van der Waals surface area contributed by atoms with Crippen LogP contribution in [0.5, 0.6) is 0 Å². The Kier molecular flexibility index (Phi) is 11.3. The predicted molar refractivity (Wildman–Crippen MR) is 116 cm³/mol. The van der Waals surface area contributed by atoms with Crippen LogP contribution in [0, 0.1) is 0 Å². The van der Waals surface area contributed by atoms with Gasteiger partial charge < -0.3 is 20.0 Å². The maximum atomic E-state index is 11.2. The van der Waals surface area contributed by atoms with Crippen molar-refractivity contribution in [3.05, 3.63) is 30.3 Å². The summed E-state index contributed by atoms with van der Waals surface area (Å²) in [5.74, 6) is 0.0410. The van der Waals surface area contributed by atoms with E-state index < -0.39 is 0 Å². The summed E-state index contributed by atoms with van der Waals surface area (Å²) in [4.78, 5) is 24.7. The molecule has 0 fully saturated rings. The zero-order valence-corrected chi connectivity index (χ0v) is 18.2. The number of carbonyl (C=O) groups is 2. The quantitative estimate of drug-likeness (QED) is 0.378. The van der Waals surface area contributed by atoms with E-state index in [2.05, 4.69) is 59.8 Å². The van der Waals surface area contributed by atoms with Crippen LogP contribution >= 0.6 is 0 Å². The summed E-state index contributed by atoms with van der Waals surface area (Å²) >= 11 is 0. The lowest BCUT2D eigenvalue weighted by molar-refractivity contribution is -0.908. The average Bonchev–Trinajstić information content (AvgIpc) is 2.66. The Hall–Kier alpha value is -2.08. The lowest BCUT2D eigenvalue weighted by Crippen LogP contribution is -2.50. The minimum absolute atomic E-state index is 0.0197. The first-order valence-corrected chi connectivity index (χ1v) is 10.5. The van der Waals surface area contributed by atoms with Gasteiger partial charge in [-0.05, 0) is 31.9 Å². The molecule has 28 heavy (non-hydrogen) atoms. The van der Waals surface area contributed by atoms with Crippen molar-refractivity contribution in [1.29, 1.82) is 0 Å². The minimum Gasteiger partial charge on any atom is -0.372 e. The zero-order valence-electron chi connectivity index (χ0n) is 18.2. The number of para-hydroxylation sites is 1. The Balaban J connectivity index is 2.47. The van der Waals surface area contributed by atoms with Gasteiger partial charge in [-0.1, -0.05) is 18.2 Å². The molecule has 0 bridgehead atoms. The maximum absolute atomic E-state index is 11.2. The molecule has 6 heteroatoms. The number of amides is 2. The van der Waals surface area contributed by atoms with Crippen LogP contribution in [0.4, 0.5) is 5.69 Å². The third kappa shape index (κ3) is 10.3. The van der Waals surface area contributed by atoms with Gasteiger partial charge in [0.15, 0.2) is 0 Å². The van der Waals surface area contributed by atoms with Crippen LogP contribution in [-0.4, -0.2) is 69.2 Å². The molecule has 1 rings (SSSR count). The van der Waals surface area contributed by atoms with E-state index in [9.17, 15) is 9.59 Å². The highest BCUT2D eigenvalue weighted by Crippen LogP contribution is 2.14. The van der Waals surface area contributed by atoms with Gasteiger partial charge in [0.1, 0.15) is 0 Å². The lowest BCUT2D eigenvalue weighted by Gasteiger charge is -2.35. The summed E-state index contributed by atoms with van der Waals surface area (Å²) in [7, 11) is 2.25. The van der Waals surface area contributed by atoms with Crippen LogP contribution in [0.2, 0.25) is 0 Å². The first kappa shape index (κ1) is 24.0. The third-order valence-corrected chi connectivity index (χ3v) is 5.15. The highest BCUT2D eigenvalue weighted by molar-refractivity contribution is 5.73. The van der Waals surface area contributed by atoms with E-state index in [4.69, 9.17) is 0 Å². The second kappa shape index (κ2) is 13.2. The van der Waals surface area contributed by atoms with Gasteiger partial charge in [0.2, 0.25) is 11.8 Å². The zero-order chi connectivity index (χ0) is 20.8. The topological polar surface area (TPSA) is 61.4 Å². The van der Waals surface area contributed by atoms with Gasteiger partial charge in [-0.2, -0.15) is 0 Å². The first-order valence-electron chi connectivity index (χ1n) is 10.5. The molecule has 0 aliphatic rings. The SMILES string of the molecule is CCN(CCCC[N+](C)(CCCNC(C)=O)CCNC(C)=O)c1ccccc1. The van der Waals surface area contributed by atoms with Crippen molar-refractivity contribution in [3.63, 3.8) is 0 Å². The fourth-order valence-electron chi connectivity index (χ4n) is 3.47. The largest absolute Gasteiger partial charge is 0.372 e. The summed E-state index contributed by atoms with van der Waals surface area (Å²) in [6.07, 6.45) is 3.23. The molecule has 0 aliphatic heterocycles.